The third-order valence-corrected chi connectivity index (χ3v) is 4.94. The van der Waals surface area contributed by atoms with Gasteiger partial charge in [-0.3, -0.25) is 0 Å². The van der Waals surface area contributed by atoms with Gasteiger partial charge in [-0.2, -0.15) is 22.0 Å². The molecule has 0 saturated heterocycles. The number of ether oxygens (including phenoxy) is 2. The number of alkyl halides is 5. The van der Waals surface area contributed by atoms with Crippen molar-refractivity contribution < 1.29 is 36.2 Å². The summed E-state index contributed by atoms with van der Waals surface area (Å²) in [6.45, 7) is 1.57. The van der Waals surface area contributed by atoms with E-state index in [2.05, 4.69) is 4.74 Å². The molecule has 2 aromatic rings. The van der Waals surface area contributed by atoms with Crippen LogP contribution in [0.4, 0.5) is 22.0 Å². The fourth-order valence-corrected chi connectivity index (χ4v) is 3.15. The Morgan fingerprint density at radius 3 is 2.07 bits per heavy atom. The Morgan fingerprint density at radius 2 is 1.61 bits per heavy atom. The Morgan fingerprint density at radius 1 is 1.00 bits per heavy atom. The van der Waals surface area contributed by atoms with E-state index in [1.807, 2.05) is 0 Å². The minimum Gasteiger partial charge on any atom is -0.465 e. The Labute approximate surface area is 158 Å². The second-order valence-corrected chi connectivity index (χ2v) is 6.75. The summed E-state index contributed by atoms with van der Waals surface area (Å²) in [5.41, 5.74) is -1.51. The molecule has 28 heavy (non-hydrogen) atoms. The molecule has 0 atom stereocenters. The normalized spacial score (nSPS) is 15.8. The predicted octanol–water partition coefficient (Wildman–Crippen LogP) is 5.80. The minimum absolute atomic E-state index is 0.0549. The summed E-state index contributed by atoms with van der Waals surface area (Å²) in [5, 5.41) is 0. The first-order valence-corrected chi connectivity index (χ1v) is 8.44. The van der Waals surface area contributed by atoms with Crippen molar-refractivity contribution >= 4 is 5.97 Å². The molecular formula is C20H17F5O3. The van der Waals surface area contributed by atoms with Crippen LogP contribution < -0.4 is 4.74 Å². The fourth-order valence-electron chi connectivity index (χ4n) is 3.15. The second kappa shape index (κ2) is 6.76. The number of aryl methyl sites for hydroxylation is 1. The summed E-state index contributed by atoms with van der Waals surface area (Å²) in [4.78, 5) is 11.4. The van der Waals surface area contributed by atoms with E-state index in [0.29, 0.717) is 22.6 Å². The molecule has 0 bridgehead atoms. The standard InChI is InChI=1S/C20H17F5O3/c1-12-11-14(18(9-10-18)19(21,22)20(23,24)25)5-8-16(12)28-15-6-3-13(4-7-15)17(26)27-2/h3-8,11H,9-10H2,1-2H3. The van der Waals surface area contributed by atoms with Gasteiger partial charge in [-0.25, -0.2) is 4.79 Å². The summed E-state index contributed by atoms with van der Waals surface area (Å²) >= 11 is 0. The number of carbonyl (C=O) groups is 1. The minimum atomic E-state index is -5.60. The molecule has 3 rings (SSSR count). The van der Waals surface area contributed by atoms with Crippen LogP contribution in [-0.2, 0) is 10.2 Å². The van der Waals surface area contributed by atoms with Crippen LogP contribution in [0, 0.1) is 6.92 Å². The lowest BCUT2D eigenvalue weighted by molar-refractivity contribution is -0.296. The molecule has 0 aliphatic heterocycles. The van der Waals surface area contributed by atoms with E-state index in [9.17, 15) is 26.7 Å². The number of carbonyl (C=O) groups excluding carboxylic acids is 1. The van der Waals surface area contributed by atoms with Crippen LogP contribution in [0.3, 0.4) is 0 Å². The van der Waals surface area contributed by atoms with Gasteiger partial charge in [0, 0.05) is 0 Å². The smallest absolute Gasteiger partial charge is 0.454 e. The zero-order chi connectivity index (χ0) is 20.7. The molecule has 3 nitrogen and oxygen atoms in total. The number of halogens is 5. The zero-order valence-corrected chi connectivity index (χ0v) is 15.1. The SMILES string of the molecule is COC(=O)c1ccc(Oc2ccc(C3(C(F)(F)C(F)(F)F)CC3)cc2C)cc1. The summed E-state index contributed by atoms with van der Waals surface area (Å²) < 4.78 is 76.7. The van der Waals surface area contributed by atoms with Crippen LogP contribution >= 0.6 is 0 Å². The van der Waals surface area contributed by atoms with E-state index in [1.165, 1.54) is 49.6 Å². The Kier molecular flexibility index (Phi) is 4.85. The molecule has 2 aromatic carbocycles. The van der Waals surface area contributed by atoms with Crippen molar-refractivity contribution in [3.05, 3.63) is 59.2 Å². The zero-order valence-electron chi connectivity index (χ0n) is 15.1. The van der Waals surface area contributed by atoms with Gasteiger partial charge in [0.05, 0.1) is 18.1 Å². The molecule has 150 valence electrons. The van der Waals surface area contributed by atoms with Crippen LogP contribution in [0.2, 0.25) is 0 Å². The van der Waals surface area contributed by atoms with Crippen LogP contribution in [0.1, 0.15) is 34.3 Å². The van der Waals surface area contributed by atoms with E-state index in [0.717, 1.165) is 0 Å². The Hall–Kier alpha value is -2.64. The molecule has 0 amide bonds. The van der Waals surface area contributed by atoms with Crippen LogP contribution in [0.5, 0.6) is 11.5 Å². The summed E-state index contributed by atoms with van der Waals surface area (Å²) in [5.74, 6) is -4.60. The quantitative estimate of drug-likeness (QED) is 0.470. The Bertz CT molecular complexity index is 884. The highest BCUT2D eigenvalue weighted by Gasteiger charge is 2.75. The highest BCUT2D eigenvalue weighted by atomic mass is 19.4. The monoisotopic (exact) mass is 400 g/mol. The van der Waals surface area contributed by atoms with Crippen LogP contribution in [0.15, 0.2) is 42.5 Å². The molecule has 1 aliphatic carbocycles. The number of esters is 1. The van der Waals surface area contributed by atoms with Gasteiger partial charge in [-0.1, -0.05) is 12.1 Å². The van der Waals surface area contributed by atoms with Crippen molar-refractivity contribution in [3.8, 4) is 11.5 Å². The van der Waals surface area contributed by atoms with E-state index in [4.69, 9.17) is 4.74 Å². The highest BCUT2D eigenvalue weighted by molar-refractivity contribution is 5.89. The van der Waals surface area contributed by atoms with Crippen molar-refractivity contribution in [3.63, 3.8) is 0 Å². The first-order chi connectivity index (χ1) is 13.0. The van der Waals surface area contributed by atoms with Crippen molar-refractivity contribution in [1.29, 1.82) is 0 Å². The molecular weight excluding hydrogens is 383 g/mol. The Balaban J connectivity index is 1.83. The molecule has 1 fully saturated rings. The lowest BCUT2D eigenvalue weighted by atomic mass is 9.87. The van der Waals surface area contributed by atoms with Crippen LogP contribution in [-0.4, -0.2) is 25.2 Å². The molecule has 0 N–H and O–H groups in total. The summed E-state index contributed by atoms with van der Waals surface area (Å²) in [7, 11) is 1.26. The van der Waals surface area contributed by atoms with Gasteiger partial charge < -0.3 is 9.47 Å². The summed E-state index contributed by atoms with van der Waals surface area (Å²) in [6.07, 6.45) is -6.06. The average Bonchev–Trinajstić information content (AvgIpc) is 3.45. The molecule has 0 spiro atoms. The molecule has 0 radical (unpaired) electrons. The maximum Gasteiger partial charge on any atom is 0.454 e. The third-order valence-electron chi connectivity index (χ3n) is 4.94. The van der Waals surface area contributed by atoms with Gasteiger partial charge in [0.15, 0.2) is 0 Å². The van der Waals surface area contributed by atoms with Crippen molar-refractivity contribution in [2.45, 2.75) is 37.3 Å². The van der Waals surface area contributed by atoms with Crippen molar-refractivity contribution in [1.82, 2.24) is 0 Å². The lowest BCUT2D eigenvalue weighted by Crippen LogP contribution is -2.47. The number of hydrogen-bond acceptors (Lipinski definition) is 3. The van der Waals surface area contributed by atoms with E-state index < -0.39 is 23.5 Å². The molecule has 1 aliphatic rings. The average molecular weight is 400 g/mol. The molecule has 0 heterocycles. The molecule has 0 unspecified atom stereocenters. The lowest BCUT2D eigenvalue weighted by Gasteiger charge is -2.29. The van der Waals surface area contributed by atoms with Gasteiger partial charge in [0.25, 0.3) is 0 Å². The molecule has 8 heteroatoms. The largest absolute Gasteiger partial charge is 0.465 e. The van der Waals surface area contributed by atoms with Gasteiger partial charge in [-0.15, -0.1) is 0 Å². The van der Waals surface area contributed by atoms with E-state index in [1.54, 1.807) is 6.92 Å². The van der Waals surface area contributed by atoms with E-state index in [-0.39, 0.29) is 18.4 Å². The maximum atomic E-state index is 14.0. The fraction of sp³-hybridized carbons (Fsp3) is 0.350. The molecule has 1 saturated carbocycles. The van der Waals surface area contributed by atoms with Crippen LogP contribution in [0.25, 0.3) is 0 Å². The number of hydrogen-bond donors (Lipinski definition) is 0. The number of benzene rings is 2. The second-order valence-electron chi connectivity index (χ2n) is 6.75. The highest BCUT2D eigenvalue weighted by Crippen LogP contribution is 2.63. The van der Waals surface area contributed by atoms with Gasteiger partial charge in [0.2, 0.25) is 0 Å². The topological polar surface area (TPSA) is 35.5 Å². The molecule has 0 aromatic heterocycles. The first-order valence-electron chi connectivity index (χ1n) is 8.44. The van der Waals surface area contributed by atoms with Gasteiger partial charge in [0.1, 0.15) is 11.5 Å². The number of methoxy groups -OCH3 is 1. The number of rotatable bonds is 5. The third kappa shape index (κ3) is 3.31. The summed E-state index contributed by atoms with van der Waals surface area (Å²) in [6, 6.07) is 9.98. The maximum absolute atomic E-state index is 14.0. The van der Waals surface area contributed by atoms with Crippen molar-refractivity contribution in [2.24, 2.45) is 0 Å². The van der Waals surface area contributed by atoms with Gasteiger partial charge in [-0.05, 0) is 61.2 Å². The van der Waals surface area contributed by atoms with Crippen molar-refractivity contribution in [2.75, 3.05) is 7.11 Å². The predicted molar refractivity (Wildman–Crippen MR) is 90.9 cm³/mol. The first kappa shape index (κ1) is 20.1. The van der Waals surface area contributed by atoms with Gasteiger partial charge >= 0.3 is 18.1 Å². The van der Waals surface area contributed by atoms with E-state index >= 15 is 0 Å².